The van der Waals surface area contributed by atoms with Gasteiger partial charge in [0.2, 0.25) is 16.9 Å². The monoisotopic (exact) mass is 380 g/mol. The summed E-state index contributed by atoms with van der Waals surface area (Å²) < 4.78 is 17.6. The van der Waals surface area contributed by atoms with Crippen molar-refractivity contribution in [2.45, 2.75) is 52.6 Å². The first kappa shape index (κ1) is 22.7. The number of nitrogens with zero attached hydrogens (tertiary/aromatic N) is 4. The summed E-state index contributed by atoms with van der Waals surface area (Å²) in [6, 6.07) is 0. The van der Waals surface area contributed by atoms with Crippen LogP contribution in [0.5, 0.6) is 0 Å². The molecule has 0 unspecified atom stereocenters. The van der Waals surface area contributed by atoms with E-state index in [1.807, 2.05) is 0 Å². The minimum Gasteiger partial charge on any atom is -0.329 e. The molecule has 1 rings (SSSR count). The van der Waals surface area contributed by atoms with Crippen LogP contribution in [0.1, 0.15) is 41.5 Å². The molecule has 0 atom stereocenters. The van der Waals surface area contributed by atoms with Crippen LogP contribution in [0.2, 0.25) is 0 Å². The van der Waals surface area contributed by atoms with Gasteiger partial charge in [0.05, 0.1) is 13.2 Å². The molecule has 0 aliphatic carbocycles. The van der Waals surface area contributed by atoms with Crippen molar-refractivity contribution >= 4 is 16.9 Å². The molecule has 144 valence electrons. The zero-order chi connectivity index (χ0) is 18.7. The van der Waals surface area contributed by atoms with E-state index in [1.165, 1.54) is 0 Å². The second kappa shape index (κ2) is 9.01. The van der Waals surface area contributed by atoms with Crippen molar-refractivity contribution in [3.8, 4) is 0 Å². The Morgan fingerprint density at radius 1 is 0.667 bits per heavy atom. The molecule has 1 fully saturated rings. The predicted octanol–water partition coefficient (Wildman–Crippen LogP) is 3.81. The summed E-state index contributed by atoms with van der Waals surface area (Å²) in [5, 5.41) is 0. The standard InChI is InChI=1S/C16H38N4O2P2/c1-15(2,3)19-23(21-13-11-17(7)8)20(16(4,5)6)24(19)22-14-12-18(9)10/h11-14H2,1-10H3. The van der Waals surface area contributed by atoms with Gasteiger partial charge in [0, 0.05) is 24.2 Å². The van der Waals surface area contributed by atoms with E-state index in [1.54, 1.807) is 0 Å². The second-order valence-electron chi connectivity index (χ2n) is 8.70. The van der Waals surface area contributed by atoms with Crippen molar-refractivity contribution in [1.82, 2.24) is 18.7 Å². The van der Waals surface area contributed by atoms with Crippen LogP contribution < -0.4 is 0 Å². The van der Waals surface area contributed by atoms with Crippen molar-refractivity contribution in [3.05, 3.63) is 0 Å². The Balaban J connectivity index is 2.84. The third-order valence-electron chi connectivity index (χ3n) is 3.34. The first-order valence-electron chi connectivity index (χ1n) is 8.61. The van der Waals surface area contributed by atoms with E-state index in [2.05, 4.69) is 88.4 Å². The molecule has 0 aromatic heterocycles. The largest absolute Gasteiger partial charge is 0.329 e. The van der Waals surface area contributed by atoms with Gasteiger partial charge in [-0.15, -0.1) is 0 Å². The topological polar surface area (TPSA) is 31.4 Å². The van der Waals surface area contributed by atoms with Gasteiger partial charge in [-0.1, -0.05) is 0 Å². The Morgan fingerprint density at radius 3 is 1.17 bits per heavy atom. The molecular weight excluding hydrogens is 342 g/mol. The molecule has 0 aromatic rings. The van der Waals surface area contributed by atoms with E-state index >= 15 is 0 Å². The van der Waals surface area contributed by atoms with Gasteiger partial charge in [-0.3, -0.25) is 0 Å². The van der Waals surface area contributed by atoms with Crippen molar-refractivity contribution in [3.63, 3.8) is 0 Å². The zero-order valence-electron chi connectivity index (χ0n) is 17.3. The highest BCUT2D eigenvalue weighted by Gasteiger charge is 2.58. The molecule has 1 saturated heterocycles. The SMILES string of the molecule is CN(C)CCOP1N(C(C)(C)C)P(OCCN(C)C)N1C(C)(C)C. The molecule has 0 N–H and O–H groups in total. The van der Waals surface area contributed by atoms with E-state index in [9.17, 15) is 0 Å². The maximum atomic E-state index is 6.33. The van der Waals surface area contributed by atoms with Gasteiger partial charge >= 0.3 is 0 Å². The van der Waals surface area contributed by atoms with Crippen LogP contribution in [0, 0.1) is 0 Å². The lowest BCUT2D eigenvalue weighted by Crippen LogP contribution is -2.54. The lowest BCUT2D eigenvalue weighted by molar-refractivity contribution is 0.155. The fourth-order valence-corrected chi connectivity index (χ4v) is 7.53. The molecule has 0 bridgehead atoms. The second-order valence-corrected chi connectivity index (χ2v) is 12.5. The lowest BCUT2D eigenvalue weighted by atomic mass is 10.1. The van der Waals surface area contributed by atoms with E-state index < -0.39 is 16.9 Å². The Kier molecular flexibility index (Phi) is 8.51. The number of likely N-dealkylation sites (N-methyl/N-ethyl adjacent to an activating group) is 2. The normalized spacial score (nSPS) is 24.0. The summed E-state index contributed by atoms with van der Waals surface area (Å²) in [5.74, 6) is 0. The van der Waals surface area contributed by atoms with E-state index in [4.69, 9.17) is 9.05 Å². The van der Waals surface area contributed by atoms with Crippen LogP contribution in [0.15, 0.2) is 0 Å². The fourth-order valence-electron chi connectivity index (χ4n) is 2.12. The summed E-state index contributed by atoms with van der Waals surface area (Å²) >= 11 is 0. The number of hydrogen-bond donors (Lipinski definition) is 0. The fraction of sp³-hybridized carbons (Fsp3) is 1.00. The van der Waals surface area contributed by atoms with Gasteiger partial charge < -0.3 is 18.8 Å². The average Bonchev–Trinajstić information content (AvgIpc) is 2.30. The highest BCUT2D eigenvalue weighted by molar-refractivity contribution is 7.78. The van der Waals surface area contributed by atoms with Crippen molar-refractivity contribution < 1.29 is 9.05 Å². The molecule has 6 nitrogen and oxygen atoms in total. The smallest absolute Gasteiger partial charge is 0.202 e. The van der Waals surface area contributed by atoms with Gasteiger partial charge in [0.1, 0.15) is 0 Å². The summed E-state index contributed by atoms with van der Waals surface area (Å²) in [6.07, 6.45) is 0. The number of rotatable bonds is 8. The minimum atomic E-state index is -0.772. The van der Waals surface area contributed by atoms with Crippen LogP contribution in [-0.4, -0.2) is 84.3 Å². The Hall–Kier alpha value is 0.620. The molecule has 0 amide bonds. The molecule has 0 radical (unpaired) electrons. The van der Waals surface area contributed by atoms with Gasteiger partial charge in [-0.05, 0) is 69.7 Å². The van der Waals surface area contributed by atoms with E-state index in [-0.39, 0.29) is 11.1 Å². The molecule has 0 saturated carbocycles. The highest BCUT2D eigenvalue weighted by Crippen LogP contribution is 2.81. The number of hydrogen-bond acceptors (Lipinski definition) is 6. The van der Waals surface area contributed by atoms with E-state index in [0.717, 1.165) is 26.3 Å². The van der Waals surface area contributed by atoms with Gasteiger partial charge in [0.15, 0.2) is 0 Å². The molecule has 1 heterocycles. The third kappa shape index (κ3) is 6.41. The summed E-state index contributed by atoms with van der Waals surface area (Å²) in [6.45, 7) is 16.9. The zero-order valence-corrected chi connectivity index (χ0v) is 19.1. The molecule has 0 aromatic carbocycles. The van der Waals surface area contributed by atoms with Crippen LogP contribution in [0.25, 0.3) is 0 Å². The lowest BCUT2D eigenvalue weighted by Gasteiger charge is -2.62. The van der Waals surface area contributed by atoms with Gasteiger partial charge in [0.25, 0.3) is 0 Å². The van der Waals surface area contributed by atoms with Crippen molar-refractivity contribution in [2.75, 3.05) is 54.5 Å². The van der Waals surface area contributed by atoms with Crippen LogP contribution in [-0.2, 0) is 9.05 Å². The summed E-state index contributed by atoms with van der Waals surface area (Å²) in [5.41, 5.74) is 0.0742. The van der Waals surface area contributed by atoms with Crippen LogP contribution in [0.4, 0.5) is 0 Å². The Bertz CT molecular complexity index is 339. The molecule has 24 heavy (non-hydrogen) atoms. The van der Waals surface area contributed by atoms with Gasteiger partial charge in [-0.2, -0.15) is 8.88 Å². The van der Waals surface area contributed by atoms with Crippen molar-refractivity contribution in [2.24, 2.45) is 0 Å². The molecule has 0 spiro atoms. The quantitative estimate of drug-likeness (QED) is 0.595. The summed E-state index contributed by atoms with van der Waals surface area (Å²) in [4.78, 5) is 4.32. The maximum absolute atomic E-state index is 6.33. The molecular formula is C16H38N4O2P2. The van der Waals surface area contributed by atoms with Crippen LogP contribution in [0.3, 0.4) is 0 Å². The molecule has 1 aliphatic heterocycles. The first-order valence-corrected chi connectivity index (χ1v) is 10.9. The molecule has 1 aliphatic rings. The summed E-state index contributed by atoms with van der Waals surface area (Å²) in [7, 11) is 6.78. The first-order chi connectivity index (χ1) is 10.9. The average molecular weight is 380 g/mol. The Labute approximate surface area is 152 Å². The molecule has 8 heteroatoms. The van der Waals surface area contributed by atoms with Crippen molar-refractivity contribution in [1.29, 1.82) is 0 Å². The predicted molar refractivity (Wildman–Crippen MR) is 106 cm³/mol. The van der Waals surface area contributed by atoms with E-state index in [0.29, 0.717) is 0 Å². The Morgan fingerprint density at radius 2 is 0.958 bits per heavy atom. The third-order valence-corrected chi connectivity index (χ3v) is 9.70. The minimum absolute atomic E-state index is 0.0371. The van der Waals surface area contributed by atoms with Crippen LogP contribution >= 0.6 is 16.9 Å². The highest BCUT2D eigenvalue weighted by atomic mass is 31.3. The van der Waals surface area contributed by atoms with Gasteiger partial charge in [-0.25, -0.2) is 0 Å². The maximum Gasteiger partial charge on any atom is 0.202 e.